The molecule has 0 saturated carbocycles. The minimum Gasteiger partial charge on any atom is -0.373 e. The topological polar surface area (TPSA) is 75.7 Å². The van der Waals surface area contributed by atoms with Crippen LogP contribution >= 0.6 is 23.2 Å². The van der Waals surface area contributed by atoms with Gasteiger partial charge in [-0.25, -0.2) is 8.42 Å². The van der Waals surface area contributed by atoms with Crippen LogP contribution in [0.15, 0.2) is 47.4 Å². The molecule has 1 saturated heterocycles. The Morgan fingerprint density at radius 2 is 1.68 bits per heavy atom. The molecule has 0 radical (unpaired) electrons. The Bertz CT molecular complexity index is 970. The molecule has 3 rings (SSSR count). The van der Waals surface area contributed by atoms with Crippen molar-refractivity contribution in [1.29, 1.82) is 0 Å². The van der Waals surface area contributed by atoms with Crippen molar-refractivity contribution in [2.45, 2.75) is 31.0 Å². The van der Waals surface area contributed by atoms with Crippen molar-refractivity contribution in [3.05, 3.63) is 58.1 Å². The van der Waals surface area contributed by atoms with Crippen LogP contribution in [0.2, 0.25) is 10.0 Å². The van der Waals surface area contributed by atoms with Crippen LogP contribution in [0.1, 0.15) is 24.2 Å². The Hall–Kier alpha value is -1.64. The third kappa shape index (κ3) is 4.67. The molecule has 2 aromatic carbocycles. The van der Waals surface area contributed by atoms with Gasteiger partial charge in [-0.15, -0.1) is 0 Å². The molecule has 0 spiro atoms. The summed E-state index contributed by atoms with van der Waals surface area (Å²) >= 11 is 11.9. The Kier molecular flexibility index (Phi) is 6.31. The van der Waals surface area contributed by atoms with E-state index in [1.54, 1.807) is 12.1 Å². The number of anilines is 1. The normalized spacial score (nSPS) is 20.7. The van der Waals surface area contributed by atoms with Gasteiger partial charge < -0.3 is 10.1 Å². The van der Waals surface area contributed by atoms with Crippen LogP contribution in [0.5, 0.6) is 0 Å². The highest BCUT2D eigenvalue weighted by molar-refractivity contribution is 7.89. The molecule has 1 amide bonds. The first-order chi connectivity index (χ1) is 13.2. The summed E-state index contributed by atoms with van der Waals surface area (Å²) in [6, 6.07) is 10.6. The number of carbonyl (C=O) groups excluding carboxylic acids is 1. The van der Waals surface area contributed by atoms with E-state index < -0.39 is 15.9 Å². The molecule has 2 aromatic rings. The van der Waals surface area contributed by atoms with Crippen molar-refractivity contribution >= 4 is 44.8 Å². The van der Waals surface area contributed by atoms with E-state index in [2.05, 4.69) is 5.32 Å². The SMILES string of the molecule is CC1CN(S(=O)(=O)c2ccc(NC(=O)c3cc(Cl)ccc3Cl)cc2)CC(C)O1. The highest BCUT2D eigenvalue weighted by Crippen LogP contribution is 2.24. The minimum absolute atomic E-state index is 0.160. The van der Waals surface area contributed by atoms with Crippen LogP contribution in [0.25, 0.3) is 0 Å². The second-order valence-corrected chi connectivity index (χ2v) is 9.46. The Balaban J connectivity index is 1.76. The van der Waals surface area contributed by atoms with Gasteiger partial charge in [-0.2, -0.15) is 4.31 Å². The van der Waals surface area contributed by atoms with Crippen molar-refractivity contribution < 1.29 is 17.9 Å². The van der Waals surface area contributed by atoms with E-state index in [0.717, 1.165) is 0 Å². The van der Waals surface area contributed by atoms with E-state index in [9.17, 15) is 13.2 Å². The van der Waals surface area contributed by atoms with E-state index in [0.29, 0.717) is 23.8 Å². The summed E-state index contributed by atoms with van der Waals surface area (Å²) in [7, 11) is -3.64. The maximum absolute atomic E-state index is 12.9. The smallest absolute Gasteiger partial charge is 0.257 e. The van der Waals surface area contributed by atoms with Crippen LogP contribution in [0.3, 0.4) is 0 Å². The Morgan fingerprint density at radius 1 is 1.07 bits per heavy atom. The van der Waals surface area contributed by atoms with Crippen LogP contribution in [0, 0.1) is 0 Å². The van der Waals surface area contributed by atoms with Gasteiger partial charge in [0.05, 0.1) is 27.7 Å². The van der Waals surface area contributed by atoms with Crippen molar-refractivity contribution in [2.24, 2.45) is 0 Å². The molecule has 1 N–H and O–H groups in total. The molecule has 0 aliphatic carbocycles. The van der Waals surface area contributed by atoms with E-state index in [4.69, 9.17) is 27.9 Å². The predicted octanol–water partition coefficient (Wildman–Crippen LogP) is 4.04. The summed E-state index contributed by atoms with van der Waals surface area (Å²) in [5.41, 5.74) is 0.686. The van der Waals surface area contributed by atoms with Crippen LogP contribution in [0.4, 0.5) is 5.69 Å². The first-order valence-corrected chi connectivity index (χ1v) is 10.9. The number of hydrogen-bond acceptors (Lipinski definition) is 4. The molecule has 0 bridgehead atoms. The predicted molar refractivity (Wildman–Crippen MR) is 110 cm³/mol. The molecule has 2 atom stereocenters. The second kappa shape index (κ2) is 8.39. The van der Waals surface area contributed by atoms with Crippen molar-refractivity contribution in [3.63, 3.8) is 0 Å². The highest BCUT2D eigenvalue weighted by Gasteiger charge is 2.32. The molecule has 2 unspecified atom stereocenters. The van der Waals surface area contributed by atoms with Gasteiger partial charge >= 0.3 is 0 Å². The number of ether oxygens (including phenoxy) is 1. The lowest BCUT2D eigenvalue weighted by molar-refractivity contribution is -0.0440. The van der Waals surface area contributed by atoms with E-state index in [1.165, 1.54) is 34.6 Å². The van der Waals surface area contributed by atoms with Gasteiger partial charge in [0.2, 0.25) is 10.0 Å². The fourth-order valence-electron chi connectivity index (χ4n) is 3.06. The zero-order valence-electron chi connectivity index (χ0n) is 15.4. The number of halogens is 2. The maximum Gasteiger partial charge on any atom is 0.257 e. The molecule has 1 aliphatic heterocycles. The summed E-state index contributed by atoms with van der Waals surface area (Å²) in [4.78, 5) is 12.6. The third-order valence-corrected chi connectivity index (χ3v) is 6.72. The molecule has 6 nitrogen and oxygen atoms in total. The minimum atomic E-state index is -3.64. The molecular formula is C19H20Cl2N2O4S. The number of amides is 1. The van der Waals surface area contributed by atoms with Crippen molar-refractivity contribution in [1.82, 2.24) is 4.31 Å². The number of rotatable bonds is 4. The Labute approximate surface area is 174 Å². The van der Waals surface area contributed by atoms with Crippen LogP contribution in [-0.2, 0) is 14.8 Å². The molecule has 1 fully saturated rings. The average Bonchev–Trinajstić information content (AvgIpc) is 2.63. The number of sulfonamides is 1. The number of morpholine rings is 1. The van der Waals surface area contributed by atoms with Crippen molar-refractivity contribution in [3.8, 4) is 0 Å². The van der Waals surface area contributed by atoms with E-state index in [1.807, 2.05) is 13.8 Å². The standard InChI is InChI=1S/C19H20Cl2N2O4S/c1-12-10-23(11-13(2)27-12)28(25,26)16-6-4-15(5-7-16)22-19(24)17-9-14(20)3-8-18(17)21/h3-9,12-13H,10-11H2,1-2H3,(H,22,24). The number of nitrogens with one attached hydrogen (secondary N) is 1. The molecule has 28 heavy (non-hydrogen) atoms. The largest absolute Gasteiger partial charge is 0.373 e. The number of carbonyl (C=O) groups is 1. The quantitative estimate of drug-likeness (QED) is 0.774. The molecular weight excluding hydrogens is 423 g/mol. The second-order valence-electron chi connectivity index (χ2n) is 6.68. The number of nitrogens with zero attached hydrogens (tertiary/aromatic N) is 1. The summed E-state index contributed by atoms with van der Waals surface area (Å²) < 4.78 is 32.8. The molecule has 1 heterocycles. The lowest BCUT2D eigenvalue weighted by Crippen LogP contribution is -2.48. The maximum atomic E-state index is 12.9. The van der Waals surface area contributed by atoms with Gasteiger partial charge in [-0.3, -0.25) is 4.79 Å². The Morgan fingerprint density at radius 3 is 2.29 bits per heavy atom. The van der Waals surface area contributed by atoms with Crippen LogP contribution in [-0.4, -0.2) is 43.9 Å². The van der Waals surface area contributed by atoms with Gasteiger partial charge in [0.25, 0.3) is 5.91 Å². The van der Waals surface area contributed by atoms with Gasteiger partial charge in [0, 0.05) is 23.8 Å². The molecule has 150 valence electrons. The zero-order chi connectivity index (χ0) is 20.5. The van der Waals surface area contributed by atoms with Crippen LogP contribution < -0.4 is 5.32 Å². The number of benzene rings is 2. The summed E-state index contributed by atoms with van der Waals surface area (Å²) in [5.74, 6) is -0.432. The molecule has 0 aromatic heterocycles. The monoisotopic (exact) mass is 442 g/mol. The average molecular weight is 443 g/mol. The van der Waals surface area contributed by atoms with Gasteiger partial charge in [-0.05, 0) is 56.3 Å². The highest BCUT2D eigenvalue weighted by atomic mass is 35.5. The summed E-state index contributed by atoms with van der Waals surface area (Å²) in [5, 5.41) is 3.36. The first-order valence-electron chi connectivity index (χ1n) is 8.69. The van der Waals surface area contributed by atoms with E-state index >= 15 is 0 Å². The van der Waals surface area contributed by atoms with Crippen molar-refractivity contribution in [2.75, 3.05) is 18.4 Å². The summed E-state index contributed by atoms with van der Waals surface area (Å²) in [6.07, 6.45) is -0.334. The lowest BCUT2D eigenvalue weighted by atomic mass is 10.2. The first kappa shape index (κ1) is 21.1. The molecule has 1 aliphatic rings. The van der Waals surface area contributed by atoms with Gasteiger partial charge in [-0.1, -0.05) is 23.2 Å². The summed E-state index contributed by atoms with van der Waals surface area (Å²) in [6.45, 7) is 4.30. The van der Waals surface area contributed by atoms with Gasteiger partial charge in [0.1, 0.15) is 0 Å². The van der Waals surface area contributed by atoms with Gasteiger partial charge in [0.15, 0.2) is 0 Å². The number of hydrogen-bond donors (Lipinski definition) is 1. The fraction of sp³-hybridized carbons (Fsp3) is 0.316. The zero-order valence-corrected chi connectivity index (χ0v) is 17.7. The molecule has 9 heteroatoms. The third-order valence-electron chi connectivity index (χ3n) is 4.31. The van der Waals surface area contributed by atoms with E-state index in [-0.39, 0.29) is 27.7 Å². The lowest BCUT2D eigenvalue weighted by Gasteiger charge is -2.34. The fourth-order valence-corrected chi connectivity index (χ4v) is 5.02.